The lowest BCUT2D eigenvalue weighted by atomic mass is 10.3. The molecule has 0 heterocycles. The number of halogens is 1. The molecule has 0 aliphatic carbocycles. The summed E-state index contributed by atoms with van der Waals surface area (Å²) in [5, 5.41) is 0. The number of hydrogen-bond donors (Lipinski definition) is 1. The minimum atomic E-state index is -0.234. The molecule has 0 spiro atoms. The Labute approximate surface area is 65.4 Å². The van der Waals surface area contributed by atoms with Gasteiger partial charge in [0.2, 0.25) is 0 Å². The fourth-order valence-corrected chi connectivity index (χ4v) is 0.819. The highest BCUT2D eigenvalue weighted by Crippen LogP contribution is 2.11. The van der Waals surface area contributed by atoms with Crippen molar-refractivity contribution in [3.05, 3.63) is 30.1 Å². The maximum atomic E-state index is 12.6. The Balaban J connectivity index is 2.86. The molecule has 11 heavy (non-hydrogen) atoms. The first-order valence-electron chi connectivity index (χ1n) is 3.41. The molecule has 0 atom stereocenters. The van der Waals surface area contributed by atoms with Crippen molar-refractivity contribution in [2.24, 2.45) is 5.73 Å². The van der Waals surface area contributed by atoms with E-state index in [-0.39, 0.29) is 5.82 Å². The van der Waals surface area contributed by atoms with E-state index in [9.17, 15) is 4.39 Å². The Bertz CT molecular complexity index is 237. The number of hydrogen-bond acceptors (Lipinski definition) is 2. The van der Waals surface area contributed by atoms with Crippen LogP contribution in [0.4, 0.5) is 10.1 Å². The third-order valence-corrected chi connectivity index (χ3v) is 1.52. The van der Waals surface area contributed by atoms with Crippen LogP contribution in [0.15, 0.2) is 24.3 Å². The molecule has 0 saturated heterocycles. The van der Waals surface area contributed by atoms with Crippen molar-refractivity contribution >= 4 is 5.69 Å². The van der Waals surface area contributed by atoms with Crippen LogP contribution in [0.5, 0.6) is 0 Å². The molecule has 0 fully saturated rings. The van der Waals surface area contributed by atoms with Gasteiger partial charge in [0.05, 0.1) is 6.67 Å². The van der Waals surface area contributed by atoms with Gasteiger partial charge in [0, 0.05) is 12.7 Å². The second-order valence-electron chi connectivity index (χ2n) is 2.36. The quantitative estimate of drug-likeness (QED) is 0.648. The molecule has 2 N–H and O–H groups in total. The summed E-state index contributed by atoms with van der Waals surface area (Å²) in [6.07, 6.45) is 0. The standard InChI is InChI=1S/C8H11FN2/c1-11(6-10)8-4-2-3-7(9)5-8/h2-5H,6,10H2,1H3. The summed E-state index contributed by atoms with van der Waals surface area (Å²) < 4.78 is 12.6. The number of rotatable bonds is 2. The largest absolute Gasteiger partial charge is 0.362 e. The van der Waals surface area contributed by atoms with E-state index in [0.717, 1.165) is 5.69 Å². The summed E-state index contributed by atoms with van der Waals surface area (Å²) in [7, 11) is 1.81. The van der Waals surface area contributed by atoms with Gasteiger partial charge >= 0.3 is 0 Å². The van der Waals surface area contributed by atoms with Crippen LogP contribution in [0.25, 0.3) is 0 Å². The van der Waals surface area contributed by atoms with Gasteiger partial charge in [0.1, 0.15) is 5.82 Å². The van der Waals surface area contributed by atoms with Gasteiger partial charge in [-0.1, -0.05) is 6.07 Å². The van der Waals surface area contributed by atoms with Crippen LogP contribution in [0, 0.1) is 5.82 Å². The molecule has 0 bridgehead atoms. The first-order valence-corrected chi connectivity index (χ1v) is 3.41. The summed E-state index contributed by atoms with van der Waals surface area (Å²) in [5.74, 6) is -0.234. The molecular weight excluding hydrogens is 143 g/mol. The maximum Gasteiger partial charge on any atom is 0.125 e. The monoisotopic (exact) mass is 154 g/mol. The summed E-state index contributed by atoms with van der Waals surface area (Å²) >= 11 is 0. The third-order valence-electron chi connectivity index (χ3n) is 1.52. The molecular formula is C8H11FN2. The van der Waals surface area contributed by atoms with E-state index in [0.29, 0.717) is 6.67 Å². The second kappa shape index (κ2) is 3.34. The highest BCUT2D eigenvalue weighted by molar-refractivity contribution is 5.45. The van der Waals surface area contributed by atoms with Crippen molar-refractivity contribution < 1.29 is 4.39 Å². The van der Waals surface area contributed by atoms with E-state index in [1.54, 1.807) is 11.0 Å². The first-order chi connectivity index (χ1) is 5.24. The molecule has 0 saturated carbocycles. The highest BCUT2D eigenvalue weighted by atomic mass is 19.1. The molecule has 0 radical (unpaired) electrons. The van der Waals surface area contributed by atoms with Crippen LogP contribution in [0.3, 0.4) is 0 Å². The fraction of sp³-hybridized carbons (Fsp3) is 0.250. The van der Waals surface area contributed by atoms with Gasteiger partial charge in [-0.25, -0.2) is 4.39 Å². The van der Waals surface area contributed by atoms with Gasteiger partial charge in [-0.05, 0) is 18.2 Å². The molecule has 2 nitrogen and oxygen atoms in total. The van der Waals surface area contributed by atoms with Gasteiger partial charge in [0.25, 0.3) is 0 Å². The van der Waals surface area contributed by atoms with Crippen molar-refractivity contribution in [2.45, 2.75) is 0 Å². The summed E-state index contributed by atoms with van der Waals surface area (Å²) in [6.45, 7) is 0.392. The molecule has 1 aromatic rings. The minimum Gasteiger partial charge on any atom is -0.362 e. The smallest absolute Gasteiger partial charge is 0.125 e. The zero-order valence-corrected chi connectivity index (χ0v) is 6.42. The first kappa shape index (κ1) is 8.01. The lowest BCUT2D eigenvalue weighted by molar-refractivity contribution is 0.627. The second-order valence-corrected chi connectivity index (χ2v) is 2.36. The van der Waals surface area contributed by atoms with Crippen molar-refractivity contribution in [2.75, 3.05) is 18.6 Å². The van der Waals surface area contributed by atoms with Crippen molar-refractivity contribution in [1.82, 2.24) is 0 Å². The van der Waals surface area contributed by atoms with E-state index >= 15 is 0 Å². The van der Waals surface area contributed by atoms with Gasteiger partial charge in [0.15, 0.2) is 0 Å². The Morgan fingerprint density at radius 3 is 2.82 bits per heavy atom. The predicted molar refractivity (Wildman–Crippen MR) is 43.9 cm³/mol. The van der Waals surface area contributed by atoms with Gasteiger partial charge in [-0.15, -0.1) is 0 Å². The van der Waals surface area contributed by atoms with Gasteiger partial charge in [-0.2, -0.15) is 0 Å². The lowest BCUT2D eigenvalue weighted by Crippen LogP contribution is -2.24. The summed E-state index contributed by atoms with van der Waals surface area (Å²) in [4.78, 5) is 1.77. The van der Waals surface area contributed by atoms with E-state index in [1.807, 2.05) is 13.1 Å². The zero-order valence-electron chi connectivity index (χ0n) is 6.42. The highest BCUT2D eigenvalue weighted by Gasteiger charge is 1.97. The molecule has 1 aromatic carbocycles. The number of nitrogens with zero attached hydrogens (tertiary/aromatic N) is 1. The lowest BCUT2D eigenvalue weighted by Gasteiger charge is -2.15. The van der Waals surface area contributed by atoms with Crippen molar-refractivity contribution in [3.8, 4) is 0 Å². The molecule has 1 rings (SSSR count). The Kier molecular flexibility index (Phi) is 2.44. The molecule has 0 aliphatic rings. The van der Waals surface area contributed by atoms with E-state index in [4.69, 9.17) is 5.73 Å². The molecule has 60 valence electrons. The average Bonchev–Trinajstić information content (AvgIpc) is 2.03. The zero-order chi connectivity index (χ0) is 8.27. The van der Waals surface area contributed by atoms with Gasteiger partial charge < -0.3 is 10.6 Å². The van der Waals surface area contributed by atoms with Crippen LogP contribution in [-0.4, -0.2) is 13.7 Å². The van der Waals surface area contributed by atoms with Gasteiger partial charge in [-0.3, -0.25) is 0 Å². The van der Waals surface area contributed by atoms with Crippen molar-refractivity contribution in [3.63, 3.8) is 0 Å². The SMILES string of the molecule is CN(CN)c1cccc(F)c1. The average molecular weight is 154 g/mol. The Morgan fingerprint density at radius 2 is 2.27 bits per heavy atom. The molecule has 3 heteroatoms. The van der Waals surface area contributed by atoms with E-state index < -0.39 is 0 Å². The summed E-state index contributed by atoms with van der Waals surface area (Å²) in [5.41, 5.74) is 6.16. The van der Waals surface area contributed by atoms with Crippen LogP contribution in [0.2, 0.25) is 0 Å². The number of benzene rings is 1. The number of nitrogens with two attached hydrogens (primary N) is 1. The molecule has 0 aromatic heterocycles. The predicted octanol–water partition coefficient (Wildman–Crippen LogP) is 1.18. The maximum absolute atomic E-state index is 12.6. The summed E-state index contributed by atoms with van der Waals surface area (Å²) in [6, 6.07) is 6.34. The molecule has 0 unspecified atom stereocenters. The van der Waals surface area contributed by atoms with Crippen LogP contribution in [-0.2, 0) is 0 Å². The van der Waals surface area contributed by atoms with Crippen LogP contribution in [0.1, 0.15) is 0 Å². The van der Waals surface area contributed by atoms with E-state index in [2.05, 4.69) is 0 Å². The fourth-order valence-electron chi connectivity index (χ4n) is 0.819. The van der Waals surface area contributed by atoms with Crippen molar-refractivity contribution in [1.29, 1.82) is 0 Å². The van der Waals surface area contributed by atoms with E-state index in [1.165, 1.54) is 12.1 Å². The van der Waals surface area contributed by atoms with Crippen LogP contribution >= 0.6 is 0 Å². The molecule has 0 aliphatic heterocycles. The molecule has 0 amide bonds. The third kappa shape index (κ3) is 1.91. The number of anilines is 1. The Hall–Kier alpha value is -1.09. The normalized spacial score (nSPS) is 9.73. The topological polar surface area (TPSA) is 29.3 Å². The van der Waals surface area contributed by atoms with Crippen LogP contribution < -0.4 is 10.6 Å². The minimum absolute atomic E-state index is 0.234. The Morgan fingerprint density at radius 1 is 1.55 bits per heavy atom.